The Kier molecular flexibility index (Phi) is 6.68. The quantitative estimate of drug-likeness (QED) is 0.725. The number of hydrogen-bond donors (Lipinski definition) is 0. The number of amides is 1. The number of likely N-dealkylation sites (tertiary alicyclic amines) is 1. The van der Waals surface area contributed by atoms with E-state index in [0.717, 1.165) is 44.6 Å². The third-order valence-electron chi connectivity index (χ3n) is 5.78. The molecule has 0 radical (unpaired) electrons. The van der Waals surface area contributed by atoms with Gasteiger partial charge in [-0.15, -0.1) is 0 Å². The van der Waals surface area contributed by atoms with Crippen molar-refractivity contribution >= 4 is 5.91 Å². The van der Waals surface area contributed by atoms with Gasteiger partial charge in [-0.25, -0.2) is 0 Å². The third-order valence-corrected chi connectivity index (χ3v) is 5.78. The number of piperidine rings is 1. The molecule has 3 heteroatoms. The summed E-state index contributed by atoms with van der Waals surface area (Å²) < 4.78 is 0. The molecule has 0 N–H and O–H groups in total. The molecule has 0 aromatic heterocycles. The van der Waals surface area contributed by atoms with Gasteiger partial charge in [0.05, 0.1) is 0 Å². The van der Waals surface area contributed by atoms with Crippen molar-refractivity contribution in [2.45, 2.75) is 52.1 Å². The van der Waals surface area contributed by atoms with E-state index in [1.54, 1.807) is 0 Å². The molecule has 1 saturated heterocycles. The van der Waals surface area contributed by atoms with Crippen LogP contribution in [0.2, 0.25) is 0 Å². The van der Waals surface area contributed by atoms with Gasteiger partial charge in [0.1, 0.15) is 0 Å². The summed E-state index contributed by atoms with van der Waals surface area (Å²) in [6, 6.07) is 19.4. The van der Waals surface area contributed by atoms with E-state index in [0.29, 0.717) is 12.0 Å². The standard InChI is InChI=1S/C24H32N2O/c1-4-25(19(2)3)18-20-10-12-23(13-11-20)24(27)26-16-14-22(15-17-26)21-8-6-5-7-9-21/h5-13,19,22H,4,14-18H2,1-3H3. The Morgan fingerprint density at radius 1 is 1.04 bits per heavy atom. The van der Waals surface area contributed by atoms with Crippen LogP contribution in [0.25, 0.3) is 0 Å². The van der Waals surface area contributed by atoms with Crippen molar-refractivity contribution in [1.29, 1.82) is 0 Å². The van der Waals surface area contributed by atoms with Crippen molar-refractivity contribution in [3.05, 3.63) is 71.3 Å². The number of rotatable bonds is 6. The van der Waals surface area contributed by atoms with Crippen LogP contribution in [-0.4, -0.2) is 41.4 Å². The van der Waals surface area contributed by atoms with Gasteiger partial charge in [0.2, 0.25) is 0 Å². The van der Waals surface area contributed by atoms with Gasteiger partial charge < -0.3 is 4.90 Å². The highest BCUT2D eigenvalue weighted by molar-refractivity contribution is 5.94. The van der Waals surface area contributed by atoms with Gasteiger partial charge in [0, 0.05) is 31.2 Å². The number of carbonyl (C=O) groups excluding carboxylic acids is 1. The topological polar surface area (TPSA) is 23.6 Å². The molecule has 1 amide bonds. The lowest BCUT2D eigenvalue weighted by Crippen LogP contribution is -2.37. The fourth-order valence-corrected chi connectivity index (χ4v) is 3.97. The Labute approximate surface area is 164 Å². The molecule has 3 nitrogen and oxygen atoms in total. The van der Waals surface area contributed by atoms with Gasteiger partial charge in [-0.1, -0.05) is 49.4 Å². The summed E-state index contributed by atoms with van der Waals surface area (Å²) in [4.78, 5) is 17.3. The normalized spacial score (nSPS) is 15.5. The molecule has 0 spiro atoms. The van der Waals surface area contributed by atoms with Crippen LogP contribution >= 0.6 is 0 Å². The first-order chi connectivity index (χ1) is 13.1. The molecule has 0 aliphatic carbocycles. The molecule has 0 atom stereocenters. The van der Waals surface area contributed by atoms with Crippen LogP contribution in [0.5, 0.6) is 0 Å². The van der Waals surface area contributed by atoms with E-state index in [-0.39, 0.29) is 5.91 Å². The number of hydrogen-bond acceptors (Lipinski definition) is 2. The van der Waals surface area contributed by atoms with E-state index < -0.39 is 0 Å². The molecule has 3 rings (SSSR count). The Hall–Kier alpha value is -2.13. The van der Waals surface area contributed by atoms with Crippen molar-refractivity contribution < 1.29 is 4.79 Å². The van der Waals surface area contributed by atoms with E-state index in [4.69, 9.17) is 0 Å². The van der Waals surface area contributed by atoms with Crippen LogP contribution in [0, 0.1) is 0 Å². The highest BCUT2D eigenvalue weighted by atomic mass is 16.2. The fourth-order valence-electron chi connectivity index (χ4n) is 3.97. The van der Waals surface area contributed by atoms with E-state index in [1.807, 2.05) is 17.0 Å². The Morgan fingerprint density at radius 2 is 1.67 bits per heavy atom. The summed E-state index contributed by atoms with van der Waals surface area (Å²) in [5.74, 6) is 0.748. The summed E-state index contributed by atoms with van der Waals surface area (Å²) in [5.41, 5.74) is 3.48. The highest BCUT2D eigenvalue weighted by Crippen LogP contribution is 2.28. The summed E-state index contributed by atoms with van der Waals surface area (Å²) in [7, 11) is 0. The summed E-state index contributed by atoms with van der Waals surface area (Å²) in [6.07, 6.45) is 2.10. The molecule has 2 aromatic rings. The molecule has 0 saturated carbocycles. The second-order valence-corrected chi connectivity index (χ2v) is 7.83. The molecule has 1 aliphatic rings. The van der Waals surface area contributed by atoms with Crippen LogP contribution in [0.15, 0.2) is 54.6 Å². The largest absolute Gasteiger partial charge is 0.339 e. The minimum atomic E-state index is 0.171. The molecular formula is C24H32N2O. The van der Waals surface area contributed by atoms with Crippen molar-refractivity contribution in [3.63, 3.8) is 0 Å². The number of nitrogens with zero attached hydrogens (tertiary/aromatic N) is 2. The molecule has 27 heavy (non-hydrogen) atoms. The molecule has 0 unspecified atom stereocenters. The Balaban J connectivity index is 1.57. The van der Waals surface area contributed by atoms with Gasteiger partial charge in [0.25, 0.3) is 5.91 Å². The first-order valence-corrected chi connectivity index (χ1v) is 10.3. The van der Waals surface area contributed by atoms with Gasteiger partial charge in [-0.2, -0.15) is 0 Å². The van der Waals surface area contributed by atoms with E-state index >= 15 is 0 Å². The first kappa shape index (κ1) is 19.6. The average Bonchev–Trinajstić information content (AvgIpc) is 2.72. The average molecular weight is 365 g/mol. The van der Waals surface area contributed by atoms with Crippen molar-refractivity contribution in [2.75, 3.05) is 19.6 Å². The number of benzene rings is 2. The predicted octanol–water partition coefficient (Wildman–Crippen LogP) is 4.94. The van der Waals surface area contributed by atoms with Crippen LogP contribution < -0.4 is 0 Å². The predicted molar refractivity (Wildman–Crippen MR) is 112 cm³/mol. The molecule has 2 aromatic carbocycles. The lowest BCUT2D eigenvalue weighted by atomic mass is 9.89. The second-order valence-electron chi connectivity index (χ2n) is 7.83. The van der Waals surface area contributed by atoms with Gasteiger partial charge in [-0.3, -0.25) is 9.69 Å². The van der Waals surface area contributed by atoms with Crippen LogP contribution in [0.4, 0.5) is 0 Å². The second kappa shape index (κ2) is 9.18. The van der Waals surface area contributed by atoms with Crippen molar-refractivity contribution in [2.24, 2.45) is 0 Å². The molecular weight excluding hydrogens is 332 g/mol. The van der Waals surface area contributed by atoms with E-state index in [2.05, 4.69) is 68.1 Å². The molecule has 1 aliphatic heterocycles. The molecule has 1 heterocycles. The van der Waals surface area contributed by atoms with Crippen molar-refractivity contribution in [3.8, 4) is 0 Å². The van der Waals surface area contributed by atoms with Gasteiger partial charge >= 0.3 is 0 Å². The highest BCUT2D eigenvalue weighted by Gasteiger charge is 2.24. The number of carbonyl (C=O) groups is 1. The first-order valence-electron chi connectivity index (χ1n) is 10.3. The maximum atomic E-state index is 12.9. The van der Waals surface area contributed by atoms with Crippen LogP contribution in [0.3, 0.4) is 0 Å². The monoisotopic (exact) mass is 364 g/mol. The van der Waals surface area contributed by atoms with E-state index in [9.17, 15) is 4.79 Å². The molecule has 144 valence electrons. The summed E-state index contributed by atoms with van der Waals surface area (Å²) >= 11 is 0. The van der Waals surface area contributed by atoms with Crippen molar-refractivity contribution in [1.82, 2.24) is 9.80 Å². The zero-order chi connectivity index (χ0) is 19.2. The maximum absolute atomic E-state index is 12.9. The SMILES string of the molecule is CCN(Cc1ccc(C(=O)N2CCC(c3ccccc3)CC2)cc1)C(C)C. The third kappa shape index (κ3) is 4.98. The molecule has 0 bridgehead atoms. The zero-order valence-electron chi connectivity index (χ0n) is 16.9. The Morgan fingerprint density at radius 3 is 2.22 bits per heavy atom. The smallest absolute Gasteiger partial charge is 0.253 e. The zero-order valence-corrected chi connectivity index (χ0v) is 16.9. The lowest BCUT2D eigenvalue weighted by molar-refractivity contribution is 0.0713. The minimum Gasteiger partial charge on any atom is -0.339 e. The molecule has 1 fully saturated rings. The summed E-state index contributed by atoms with van der Waals surface area (Å²) in [5, 5.41) is 0. The van der Waals surface area contributed by atoms with Crippen LogP contribution in [0.1, 0.15) is 61.0 Å². The maximum Gasteiger partial charge on any atom is 0.253 e. The van der Waals surface area contributed by atoms with Gasteiger partial charge in [0.15, 0.2) is 0 Å². The van der Waals surface area contributed by atoms with Gasteiger partial charge in [-0.05, 0) is 62.4 Å². The van der Waals surface area contributed by atoms with E-state index in [1.165, 1.54) is 11.1 Å². The van der Waals surface area contributed by atoms with Crippen LogP contribution in [-0.2, 0) is 6.54 Å². The summed E-state index contributed by atoms with van der Waals surface area (Å²) in [6.45, 7) is 10.3. The Bertz CT molecular complexity index is 716. The fraction of sp³-hybridized carbons (Fsp3) is 0.458. The minimum absolute atomic E-state index is 0.171. The lowest BCUT2D eigenvalue weighted by Gasteiger charge is -2.32.